The van der Waals surface area contributed by atoms with Gasteiger partial charge in [-0.2, -0.15) is 13.2 Å². The highest BCUT2D eigenvalue weighted by atomic mass is 35.5. The number of aryl methyl sites for hydroxylation is 2. The maximum absolute atomic E-state index is 12.8. The highest BCUT2D eigenvalue weighted by Crippen LogP contribution is 2.35. The largest absolute Gasteiger partial charge is 0.417 e. The first kappa shape index (κ1) is 17.3. The first-order valence-corrected chi connectivity index (χ1v) is 7.10. The molecule has 0 saturated carbocycles. The van der Waals surface area contributed by atoms with Crippen LogP contribution in [0.5, 0.6) is 0 Å². The lowest BCUT2D eigenvalue weighted by molar-refractivity contribution is -0.137. The van der Waals surface area contributed by atoms with Crippen molar-refractivity contribution in [2.75, 3.05) is 0 Å². The molecule has 0 radical (unpaired) electrons. The van der Waals surface area contributed by atoms with E-state index >= 15 is 0 Å². The monoisotopic (exact) mass is 346 g/mol. The van der Waals surface area contributed by atoms with Gasteiger partial charge >= 0.3 is 6.18 Å². The van der Waals surface area contributed by atoms with Crippen molar-refractivity contribution in [3.05, 3.63) is 51.4 Å². The number of aromatic nitrogens is 1. The SMILES string of the molecule is Cc1noc(C)c1CC(=O)NCc1ccc(Cl)c(C(F)(F)F)c1. The van der Waals surface area contributed by atoms with E-state index in [1.807, 2.05) is 0 Å². The van der Waals surface area contributed by atoms with Crippen molar-refractivity contribution >= 4 is 17.5 Å². The fraction of sp³-hybridized carbons (Fsp3) is 0.333. The predicted molar refractivity (Wildman–Crippen MR) is 78.0 cm³/mol. The summed E-state index contributed by atoms with van der Waals surface area (Å²) in [5, 5.41) is 5.94. The molecule has 1 aromatic heterocycles. The lowest BCUT2D eigenvalue weighted by atomic mass is 10.1. The third-order valence-electron chi connectivity index (χ3n) is 3.34. The van der Waals surface area contributed by atoms with E-state index in [1.54, 1.807) is 13.8 Å². The minimum Gasteiger partial charge on any atom is -0.361 e. The standard InChI is InChI=1S/C15H14ClF3N2O2/c1-8-11(9(2)23-21-8)6-14(22)20-7-10-3-4-13(16)12(5-10)15(17,18)19/h3-5H,6-7H2,1-2H3,(H,20,22). The van der Waals surface area contributed by atoms with Crippen molar-refractivity contribution in [3.63, 3.8) is 0 Å². The van der Waals surface area contributed by atoms with Gasteiger partial charge < -0.3 is 9.84 Å². The maximum atomic E-state index is 12.8. The fourth-order valence-electron chi connectivity index (χ4n) is 2.08. The minimum atomic E-state index is -4.53. The van der Waals surface area contributed by atoms with Gasteiger partial charge in [0.05, 0.1) is 22.7 Å². The molecule has 0 aliphatic carbocycles. The van der Waals surface area contributed by atoms with Crippen molar-refractivity contribution in [1.82, 2.24) is 10.5 Å². The molecule has 0 spiro atoms. The van der Waals surface area contributed by atoms with Crippen LogP contribution in [0.2, 0.25) is 5.02 Å². The number of hydrogen-bond donors (Lipinski definition) is 1. The van der Waals surface area contributed by atoms with Gasteiger partial charge in [-0.3, -0.25) is 4.79 Å². The van der Waals surface area contributed by atoms with E-state index in [4.69, 9.17) is 16.1 Å². The molecule has 1 heterocycles. The Labute approximate surface area is 135 Å². The molecule has 23 heavy (non-hydrogen) atoms. The summed E-state index contributed by atoms with van der Waals surface area (Å²) in [6.07, 6.45) is -4.48. The zero-order valence-electron chi connectivity index (χ0n) is 12.4. The number of carbonyl (C=O) groups excluding carboxylic acids is 1. The lowest BCUT2D eigenvalue weighted by Crippen LogP contribution is -2.25. The molecular formula is C15H14ClF3N2O2. The minimum absolute atomic E-state index is 0.0253. The Balaban J connectivity index is 2.02. The summed E-state index contributed by atoms with van der Waals surface area (Å²) in [4.78, 5) is 11.9. The first-order chi connectivity index (χ1) is 10.7. The third kappa shape index (κ3) is 4.25. The van der Waals surface area contributed by atoms with Gasteiger partial charge in [0.25, 0.3) is 0 Å². The highest BCUT2D eigenvalue weighted by Gasteiger charge is 2.33. The molecule has 0 saturated heterocycles. The van der Waals surface area contributed by atoms with Gasteiger partial charge in [0.2, 0.25) is 5.91 Å². The average molecular weight is 347 g/mol. The molecule has 124 valence electrons. The number of benzene rings is 1. The van der Waals surface area contributed by atoms with Crippen LogP contribution in [0.1, 0.15) is 28.1 Å². The van der Waals surface area contributed by atoms with Gasteiger partial charge in [-0.05, 0) is 31.5 Å². The van der Waals surface area contributed by atoms with E-state index in [9.17, 15) is 18.0 Å². The average Bonchev–Trinajstić information content (AvgIpc) is 2.77. The second kappa shape index (κ2) is 6.62. The van der Waals surface area contributed by atoms with Crippen molar-refractivity contribution in [2.24, 2.45) is 0 Å². The number of hydrogen-bond acceptors (Lipinski definition) is 3. The van der Waals surface area contributed by atoms with Crippen molar-refractivity contribution < 1.29 is 22.5 Å². The number of amides is 1. The van der Waals surface area contributed by atoms with Gasteiger partial charge in [0.1, 0.15) is 5.76 Å². The number of carbonyl (C=O) groups is 1. The topological polar surface area (TPSA) is 55.1 Å². The second-order valence-electron chi connectivity index (χ2n) is 5.07. The van der Waals surface area contributed by atoms with E-state index in [1.165, 1.54) is 12.1 Å². The number of rotatable bonds is 4. The van der Waals surface area contributed by atoms with Gasteiger partial charge in [-0.15, -0.1) is 0 Å². The first-order valence-electron chi connectivity index (χ1n) is 6.72. The molecule has 2 aromatic rings. The Bertz CT molecular complexity index is 706. The van der Waals surface area contributed by atoms with Crippen LogP contribution in [0.4, 0.5) is 13.2 Å². The predicted octanol–water partition coefficient (Wildman–Crippen LogP) is 3.82. The Morgan fingerprint density at radius 2 is 2.04 bits per heavy atom. The molecule has 0 fully saturated rings. The van der Waals surface area contributed by atoms with Crippen LogP contribution >= 0.6 is 11.6 Å². The summed E-state index contributed by atoms with van der Waals surface area (Å²) in [6, 6.07) is 3.53. The fourth-order valence-corrected chi connectivity index (χ4v) is 2.30. The summed E-state index contributed by atoms with van der Waals surface area (Å²) in [6.45, 7) is 3.38. The summed E-state index contributed by atoms with van der Waals surface area (Å²) in [7, 11) is 0. The summed E-state index contributed by atoms with van der Waals surface area (Å²) >= 11 is 5.55. The van der Waals surface area contributed by atoms with Gasteiger partial charge in [-0.25, -0.2) is 0 Å². The smallest absolute Gasteiger partial charge is 0.361 e. The molecule has 0 aliphatic rings. The zero-order chi connectivity index (χ0) is 17.2. The molecule has 8 heteroatoms. The number of halogens is 4. The summed E-state index contributed by atoms with van der Waals surface area (Å²) in [5.74, 6) is 0.214. The Hall–Kier alpha value is -2.02. The molecule has 2 rings (SSSR count). The molecule has 1 amide bonds. The quantitative estimate of drug-likeness (QED) is 0.915. The molecule has 0 unspecified atom stereocenters. The third-order valence-corrected chi connectivity index (χ3v) is 3.67. The molecule has 1 N–H and O–H groups in total. The molecule has 0 atom stereocenters. The normalized spacial score (nSPS) is 11.6. The van der Waals surface area contributed by atoms with Crippen LogP contribution < -0.4 is 5.32 Å². The summed E-state index contributed by atoms with van der Waals surface area (Å²) < 4.78 is 43.3. The zero-order valence-corrected chi connectivity index (χ0v) is 13.2. The second-order valence-corrected chi connectivity index (χ2v) is 5.48. The van der Waals surface area contributed by atoms with Crippen LogP contribution in [-0.4, -0.2) is 11.1 Å². The number of nitrogens with one attached hydrogen (secondary N) is 1. The molecule has 0 bridgehead atoms. The van der Waals surface area contributed by atoms with Gasteiger partial charge in [-0.1, -0.05) is 22.8 Å². The van der Waals surface area contributed by atoms with Crippen molar-refractivity contribution in [2.45, 2.75) is 33.0 Å². The van der Waals surface area contributed by atoms with Crippen molar-refractivity contribution in [1.29, 1.82) is 0 Å². The van der Waals surface area contributed by atoms with Crippen LogP contribution in [0.3, 0.4) is 0 Å². The van der Waals surface area contributed by atoms with Crippen molar-refractivity contribution in [3.8, 4) is 0 Å². The maximum Gasteiger partial charge on any atom is 0.417 e. The van der Waals surface area contributed by atoms with Crippen LogP contribution in [0.15, 0.2) is 22.7 Å². The summed E-state index contributed by atoms with van der Waals surface area (Å²) in [5.41, 5.74) is 0.684. The molecule has 1 aromatic carbocycles. The van der Waals surface area contributed by atoms with Gasteiger partial charge in [0.15, 0.2) is 0 Å². The molecular weight excluding hydrogens is 333 g/mol. The molecule has 4 nitrogen and oxygen atoms in total. The Morgan fingerprint density at radius 3 is 2.61 bits per heavy atom. The van der Waals surface area contributed by atoms with Gasteiger partial charge in [0, 0.05) is 12.1 Å². The van der Waals surface area contributed by atoms with Crippen LogP contribution in [0, 0.1) is 13.8 Å². The Kier molecular flexibility index (Phi) is 4.99. The number of alkyl halides is 3. The van der Waals surface area contributed by atoms with E-state index < -0.39 is 11.7 Å². The lowest BCUT2D eigenvalue weighted by Gasteiger charge is -2.11. The Morgan fingerprint density at radius 1 is 1.35 bits per heavy atom. The highest BCUT2D eigenvalue weighted by molar-refractivity contribution is 6.31. The molecule has 0 aliphatic heterocycles. The van der Waals surface area contributed by atoms with E-state index in [0.29, 0.717) is 22.6 Å². The van der Waals surface area contributed by atoms with Crippen LogP contribution in [0.25, 0.3) is 0 Å². The van der Waals surface area contributed by atoms with E-state index in [0.717, 1.165) is 6.07 Å². The van der Waals surface area contributed by atoms with Crippen LogP contribution in [-0.2, 0) is 23.9 Å². The van der Waals surface area contributed by atoms with E-state index in [-0.39, 0.29) is 23.9 Å². The number of nitrogens with zero attached hydrogens (tertiary/aromatic N) is 1. The van der Waals surface area contributed by atoms with E-state index in [2.05, 4.69) is 10.5 Å².